The number of methoxy groups -OCH3 is 1. The number of carbonyl (C=O) groups excluding carboxylic acids is 2. The van der Waals surface area contributed by atoms with E-state index < -0.39 is 40.0 Å². The summed E-state index contributed by atoms with van der Waals surface area (Å²) < 4.78 is 4.79. The second-order valence-corrected chi connectivity index (χ2v) is 11.4. The van der Waals surface area contributed by atoms with Crippen LogP contribution in [-0.2, 0) is 24.0 Å². The Morgan fingerprint density at radius 1 is 1.33 bits per heavy atom. The van der Waals surface area contributed by atoms with Gasteiger partial charge in [-0.15, -0.1) is 23.1 Å². The Morgan fingerprint density at radius 3 is 2.64 bits per heavy atom. The van der Waals surface area contributed by atoms with Crippen LogP contribution in [0.1, 0.15) is 45.2 Å². The molecule has 2 amide bonds. The van der Waals surface area contributed by atoms with Gasteiger partial charge in [0.15, 0.2) is 16.9 Å². The number of nitrogens with one attached hydrogen (secondary N) is 1. The standard InChI is InChI=1S/C20H27N5O6S2/c1-20(2)14(18(28)29)25-16(27)13(17(25)33-20)23-15(26)12(9-8-32-19(21)22-9)24-31-11-7-5-4-6-10(11)30-3/h8,10-11,13-14,17H,4-7H2,1-3H3,(H2,21,22)(H,23,26)(H,28,29)/b24-12-/t10-,11-,13+,14+,17-/m1/s1. The molecule has 180 valence electrons. The number of hydrogen-bond donors (Lipinski definition) is 3. The van der Waals surface area contributed by atoms with Gasteiger partial charge in [-0.25, -0.2) is 9.78 Å². The molecule has 4 N–H and O–H groups in total. The van der Waals surface area contributed by atoms with Gasteiger partial charge in [0.05, 0.1) is 6.10 Å². The summed E-state index contributed by atoms with van der Waals surface area (Å²) in [5.74, 6) is -2.15. The van der Waals surface area contributed by atoms with E-state index in [2.05, 4.69) is 15.5 Å². The van der Waals surface area contributed by atoms with Crippen molar-refractivity contribution >= 4 is 51.7 Å². The van der Waals surface area contributed by atoms with Crippen molar-refractivity contribution in [3.05, 3.63) is 11.1 Å². The van der Waals surface area contributed by atoms with E-state index in [4.69, 9.17) is 15.3 Å². The van der Waals surface area contributed by atoms with E-state index in [1.54, 1.807) is 26.3 Å². The van der Waals surface area contributed by atoms with E-state index in [0.29, 0.717) is 0 Å². The number of thiazole rings is 1. The van der Waals surface area contributed by atoms with E-state index in [1.807, 2.05) is 0 Å². The van der Waals surface area contributed by atoms with Gasteiger partial charge in [-0.05, 0) is 33.1 Å². The highest BCUT2D eigenvalue weighted by atomic mass is 32.2. The summed E-state index contributed by atoms with van der Waals surface area (Å²) in [6.45, 7) is 3.55. The zero-order valence-corrected chi connectivity index (χ0v) is 20.1. The van der Waals surface area contributed by atoms with Crippen molar-refractivity contribution in [2.75, 3.05) is 12.8 Å². The summed E-state index contributed by atoms with van der Waals surface area (Å²) in [7, 11) is 1.61. The first-order chi connectivity index (χ1) is 15.6. The van der Waals surface area contributed by atoms with Gasteiger partial charge >= 0.3 is 5.97 Å². The van der Waals surface area contributed by atoms with Crippen molar-refractivity contribution in [2.24, 2.45) is 5.16 Å². The van der Waals surface area contributed by atoms with Crippen LogP contribution < -0.4 is 11.1 Å². The number of carbonyl (C=O) groups is 3. The molecule has 2 aliphatic heterocycles. The highest BCUT2D eigenvalue weighted by Gasteiger charge is 2.64. The fourth-order valence-corrected chi connectivity index (χ4v) is 6.70. The molecule has 4 rings (SSSR count). The molecule has 11 nitrogen and oxygen atoms in total. The highest BCUT2D eigenvalue weighted by Crippen LogP contribution is 2.50. The van der Waals surface area contributed by atoms with E-state index in [1.165, 1.54) is 16.7 Å². The van der Waals surface area contributed by atoms with Gasteiger partial charge in [-0.1, -0.05) is 11.6 Å². The third kappa shape index (κ3) is 4.41. The van der Waals surface area contributed by atoms with Crippen LogP contribution in [0.25, 0.3) is 0 Å². The monoisotopic (exact) mass is 497 g/mol. The lowest BCUT2D eigenvalue weighted by Crippen LogP contribution is -2.71. The third-order valence-corrected chi connectivity index (χ3v) is 8.41. The molecule has 1 saturated carbocycles. The first-order valence-electron chi connectivity index (χ1n) is 10.7. The zero-order chi connectivity index (χ0) is 23.9. The van der Waals surface area contributed by atoms with Crippen LogP contribution in [0, 0.1) is 0 Å². The SMILES string of the molecule is CO[C@@H]1CCCC[C@H]1O/N=C(\C(=O)N[C@H]1C(=O)N2[C@@H]1SC(C)(C)[C@@H]2C(=O)O)c1csc(N)n1. The number of oxime groups is 1. The fraction of sp³-hybridized carbons (Fsp3) is 0.650. The fourth-order valence-electron chi connectivity index (χ4n) is 4.53. The Bertz CT molecular complexity index is 982. The van der Waals surface area contributed by atoms with Gasteiger partial charge < -0.3 is 30.6 Å². The number of thioether (sulfide) groups is 1. The van der Waals surface area contributed by atoms with Crippen molar-refractivity contribution in [1.82, 2.24) is 15.2 Å². The van der Waals surface area contributed by atoms with E-state index >= 15 is 0 Å². The number of carboxylic acids is 1. The second-order valence-electron chi connectivity index (χ2n) is 8.76. The van der Waals surface area contributed by atoms with Crippen molar-refractivity contribution < 1.29 is 29.1 Å². The maximum Gasteiger partial charge on any atom is 0.327 e. The predicted molar refractivity (Wildman–Crippen MR) is 123 cm³/mol. The van der Waals surface area contributed by atoms with Crippen LogP contribution in [0.4, 0.5) is 5.13 Å². The Balaban J connectivity index is 1.52. The van der Waals surface area contributed by atoms with Gasteiger partial charge in [0.25, 0.3) is 5.91 Å². The minimum atomic E-state index is -1.07. The number of hydrogen-bond acceptors (Lipinski definition) is 10. The van der Waals surface area contributed by atoms with E-state index in [0.717, 1.165) is 37.0 Å². The molecule has 3 heterocycles. The number of nitrogen functional groups attached to an aromatic ring is 1. The summed E-state index contributed by atoms with van der Waals surface area (Å²) in [6, 6.07) is -1.83. The Kier molecular flexibility index (Phi) is 6.56. The first-order valence-corrected chi connectivity index (χ1v) is 12.4. The minimum absolute atomic E-state index is 0.0910. The molecule has 33 heavy (non-hydrogen) atoms. The number of aromatic nitrogens is 1. The van der Waals surface area contributed by atoms with Gasteiger partial charge in [-0.2, -0.15) is 0 Å². The molecule has 1 aliphatic carbocycles. The Hall–Kier alpha value is -2.38. The molecule has 0 unspecified atom stereocenters. The summed E-state index contributed by atoms with van der Waals surface area (Å²) >= 11 is 2.50. The number of ether oxygens (including phenoxy) is 1. The number of aliphatic carboxylic acids is 1. The lowest BCUT2D eigenvalue weighted by molar-refractivity contribution is -0.160. The molecule has 3 fully saturated rings. The van der Waals surface area contributed by atoms with E-state index in [-0.39, 0.29) is 28.7 Å². The van der Waals surface area contributed by atoms with Gasteiger partial charge in [-0.3, -0.25) is 9.59 Å². The minimum Gasteiger partial charge on any atom is -0.480 e. The van der Waals surface area contributed by atoms with Crippen molar-refractivity contribution in [3.8, 4) is 0 Å². The van der Waals surface area contributed by atoms with Crippen molar-refractivity contribution in [3.63, 3.8) is 0 Å². The number of rotatable bonds is 7. The molecule has 0 radical (unpaired) electrons. The molecule has 1 aromatic rings. The largest absolute Gasteiger partial charge is 0.480 e. The predicted octanol–water partition coefficient (Wildman–Crippen LogP) is 1.04. The number of fused-ring (bicyclic) bond motifs is 1. The molecule has 3 aliphatic rings. The van der Waals surface area contributed by atoms with Crippen molar-refractivity contribution in [2.45, 2.75) is 73.9 Å². The number of nitrogens with two attached hydrogens (primary N) is 1. The van der Waals surface area contributed by atoms with Crippen molar-refractivity contribution in [1.29, 1.82) is 0 Å². The number of β-lactam (4-membered cyclic amide) rings is 1. The summed E-state index contributed by atoms with van der Waals surface area (Å²) in [4.78, 5) is 48.8. The molecule has 13 heteroatoms. The van der Waals surface area contributed by atoms with Crippen LogP contribution in [0.3, 0.4) is 0 Å². The topological polar surface area (TPSA) is 156 Å². The number of amides is 2. The molecule has 5 atom stereocenters. The maximum absolute atomic E-state index is 13.2. The van der Waals surface area contributed by atoms with Gasteiger partial charge in [0.1, 0.15) is 23.2 Å². The van der Waals surface area contributed by atoms with Crippen LogP contribution >= 0.6 is 23.1 Å². The summed E-state index contributed by atoms with van der Waals surface area (Å²) in [6.07, 6.45) is 3.16. The maximum atomic E-state index is 13.2. The molecule has 0 spiro atoms. The van der Waals surface area contributed by atoms with Crippen LogP contribution in [-0.4, -0.2) is 80.0 Å². The third-order valence-electron chi connectivity index (χ3n) is 6.17. The summed E-state index contributed by atoms with van der Waals surface area (Å²) in [5.41, 5.74) is 5.89. The molecule has 2 saturated heterocycles. The molecular formula is C20H27N5O6S2. The molecule has 0 aromatic carbocycles. The lowest BCUT2D eigenvalue weighted by Gasteiger charge is -2.43. The normalized spacial score (nSPS) is 31.0. The van der Waals surface area contributed by atoms with Crippen LogP contribution in [0.5, 0.6) is 0 Å². The lowest BCUT2D eigenvalue weighted by atomic mass is 9.95. The quantitative estimate of drug-likeness (QED) is 0.284. The smallest absolute Gasteiger partial charge is 0.327 e. The number of nitrogens with zero attached hydrogens (tertiary/aromatic N) is 3. The molecular weight excluding hydrogens is 470 g/mol. The highest BCUT2D eigenvalue weighted by molar-refractivity contribution is 8.01. The summed E-state index contributed by atoms with van der Waals surface area (Å²) in [5, 5.41) is 17.8. The Morgan fingerprint density at radius 2 is 2.03 bits per heavy atom. The van der Waals surface area contributed by atoms with Crippen LogP contribution in [0.15, 0.2) is 10.5 Å². The number of anilines is 1. The van der Waals surface area contributed by atoms with E-state index in [9.17, 15) is 19.5 Å². The van der Waals surface area contributed by atoms with Gasteiger partial charge in [0, 0.05) is 17.2 Å². The first kappa shape index (κ1) is 23.8. The average molecular weight is 498 g/mol. The Labute approximate surface area is 199 Å². The zero-order valence-electron chi connectivity index (χ0n) is 18.5. The average Bonchev–Trinajstić information content (AvgIpc) is 3.30. The molecule has 0 bridgehead atoms. The van der Waals surface area contributed by atoms with Crippen LogP contribution in [0.2, 0.25) is 0 Å². The molecule has 1 aromatic heterocycles. The number of carboxylic acid groups (broad SMARTS) is 1. The second kappa shape index (κ2) is 9.11. The van der Waals surface area contributed by atoms with Gasteiger partial charge in [0.2, 0.25) is 5.91 Å².